The van der Waals surface area contributed by atoms with E-state index in [-0.39, 0.29) is 11.3 Å². The third kappa shape index (κ3) is 3.43. The molecule has 1 heterocycles. The number of hydrogen-bond acceptors (Lipinski definition) is 5. The van der Waals surface area contributed by atoms with Crippen LogP contribution in [0, 0.1) is 17.0 Å². The first kappa shape index (κ1) is 16.8. The molecule has 25 heavy (non-hydrogen) atoms. The summed E-state index contributed by atoms with van der Waals surface area (Å²) in [5, 5.41) is 13.9. The summed E-state index contributed by atoms with van der Waals surface area (Å²) >= 11 is 3.32. The van der Waals surface area contributed by atoms with Crippen LogP contribution in [-0.4, -0.2) is 10.8 Å². The number of nitro benzene ring substituents is 1. The van der Waals surface area contributed by atoms with Crippen molar-refractivity contribution in [2.75, 3.05) is 5.32 Å². The van der Waals surface area contributed by atoms with E-state index in [1.165, 1.54) is 24.3 Å². The van der Waals surface area contributed by atoms with Crippen molar-refractivity contribution in [3.05, 3.63) is 78.6 Å². The van der Waals surface area contributed by atoms with Crippen LogP contribution < -0.4 is 10.9 Å². The molecule has 3 rings (SSSR count). The number of nitro groups is 1. The number of halogens is 1. The fourth-order valence-electron chi connectivity index (χ4n) is 2.34. The zero-order valence-corrected chi connectivity index (χ0v) is 14.5. The van der Waals surface area contributed by atoms with E-state index in [4.69, 9.17) is 4.42 Å². The van der Waals surface area contributed by atoms with Crippen LogP contribution in [0.5, 0.6) is 0 Å². The summed E-state index contributed by atoms with van der Waals surface area (Å²) in [5.74, 6) is -0.646. The molecule has 0 radical (unpaired) electrons. The summed E-state index contributed by atoms with van der Waals surface area (Å²) in [6.45, 7) is 1.63. The number of benzene rings is 2. The normalized spacial score (nSPS) is 10.6. The monoisotopic (exact) mass is 402 g/mol. The molecule has 0 bridgehead atoms. The van der Waals surface area contributed by atoms with Gasteiger partial charge in [0.15, 0.2) is 0 Å². The summed E-state index contributed by atoms with van der Waals surface area (Å²) in [6, 6.07) is 10.6. The van der Waals surface area contributed by atoms with E-state index in [9.17, 15) is 19.7 Å². The first-order valence-corrected chi connectivity index (χ1v) is 7.94. The number of rotatable bonds is 3. The summed E-state index contributed by atoms with van der Waals surface area (Å²) in [4.78, 5) is 34.7. The van der Waals surface area contributed by atoms with E-state index in [1.807, 2.05) is 0 Å². The molecule has 0 aliphatic carbocycles. The Labute approximate surface area is 149 Å². The standard InChI is InChI=1S/C17H11BrN2O5/c1-9-6-12(20(23)24)3-4-14(9)19-16(21)13-8-10-7-11(18)2-5-15(10)25-17(13)22/h2-8H,1H3,(H,19,21). The summed E-state index contributed by atoms with van der Waals surface area (Å²) < 4.78 is 5.94. The molecular formula is C17H11BrN2O5. The maximum absolute atomic E-state index is 12.4. The minimum absolute atomic E-state index is 0.0782. The molecule has 3 aromatic rings. The highest BCUT2D eigenvalue weighted by molar-refractivity contribution is 9.10. The van der Waals surface area contributed by atoms with E-state index in [0.717, 1.165) is 4.47 Å². The van der Waals surface area contributed by atoms with Crippen LogP contribution in [0.15, 0.2) is 56.1 Å². The summed E-state index contributed by atoms with van der Waals surface area (Å²) in [5.41, 5.74) is 0.275. The van der Waals surface area contributed by atoms with Crippen molar-refractivity contribution in [1.82, 2.24) is 0 Å². The molecule has 1 amide bonds. The van der Waals surface area contributed by atoms with E-state index in [2.05, 4.69) is 21.2 Å². The SMILES string of the molecule is Cc1cc([N+](=O)[O-])ccc1NC(=O)c1cc2cc(Br)ccc2oc1=O. The Morgan fingerprint density at radius 3 is 2.64 bits per heavy atom. The fraction of sp³-hybridized carbons (Fsp3) is 0.0588. The van der Waals surface area contributed by atoms with Gasteiger partial charge in [0.2, 0.25) is 0 Å². The number of hydrogen-bond donors (Lipinski definition) is 1. The Morgan fingerprint density at radius 2 is 1.96 bits per heavy atom. The van der Waals surface area contributed by atoms with Crippen LogP contribution in [0.25, 0.3) is 11.0 Å². The highest BCUT2D eigenvalue weighted by Crippen LogP contribution is 2.23. The second kappa shape index (κ2) is 6.48. The fourth-order valence-corrected chi connectivity index (χ4v) is 2.72. The number of aryl methyl sites for hydroxylation is 1. The molecule has 0 saturated carbocycles. The number of anilines is 1. The number of non-ortho nitro benzene ring substituents is 1. The summed E-state index contributed by atoms with van der Waals surface area (Å²) in [7, 11) is 0. The second-order valence-electron chi connectivity index (χ2n) is 5.34. The number of carbonyl (C=O) groups excluding carboxylic acids is 1. The number of amides is 1. The van der Waals surface area contributed by atoms with Crippen LogP contribution >= 0.6 is 15.9 Å². The minimum Gasteiger partial charge on any atom is -0.422 e. The molecule has 1 N–H and O–H groups in total. The van der Waals surface area contributed by atoms with Crippen molar-refractivity contribution in [2.24, 2.45) is 0 Å². The molecule has 126 valence electrons. The molecule has 0 saturated heterocycles. The number of carbonyl (C=O) groups is 1. The van der Waals surface area contributed by atoms with Crippen molar-refractivity contribution in [1.29, 1.82) is 0 Å². The van der Waals surface area contributed by atoms with Crippen molar-refractivity contribution < 1.29 is 14.1 Å². The molecule has 0 atom stereocenters. The predicted octanol–water partition coefficient (Wildman–Crippen LogP) is 4.02. The van der Waals surface area contributed by atoms with Gasteiger partial charge >= 0.3 is 5.63 Å². The highest BCUT2D eigenvalue weighted by Gasteiger charge is 2.16. The molecule has 0 aliphatic heterocycles. The molecule has 0 fully saturated rings. The van der Waals surface area contributed by atoms with Gasteiger partial charge in [-0.2, -0.15) is 0 Å². The van der Waals surface area contributed by atoms with Gasteiger partial charge in [-0.1, -0.05) is 15.9 Å². The lowest BCUT2D eigenvalue weighted by atomic mass is 10.1. The second-order valence-corrected chi connectivity index (χ2v) is 6.26. The Balaban J connectivity index is 1.96. The average molecular weight is 403 g/mol. The third-order valence-electron chi connectivity index (χ3n) is 3.61. The molecule has 0 unspecified atom stereocenters. The maximum Gasteiger partial charge on any atom is 0.349 e. The first-order chi connectivity index (χ1) is 11.8. The number of nitrogens with one attached hydrogen (secondary N) is 1. The molecule has 0 aliphatic rings. The van der Waals surface area contributed by atoms with Gasteiger partial charge in [-0.15, -0.1) is 0 Å². The maximum atomic E-state index is 12.4. The van der Waals surface area contributed by atoms with Gasteiger partial charge in [0, 0.05) is 27.7 Å². The Bertz CT molecular complexity index is 1070. The van der Waals surface area contributed by atoms with Crippen molar-refractivity contribution in [2.45, 2.75) is 6.92 Å². The minimum atomic E-state index is -0.758. The first-order valence-electron chi connectivity index (χ1n) is 7.15. The lowest BCUT2D eigenvalue weighted by Gasteiger charge is -2.08. The van der Waals surface area contributed by atoms with Gasteiger partial charge in [-0.3, -0.25) is 14.9 Å². The zero-order valence-electron chi connectivity index (χ0n) is 12.9. The van der Waals surface area contributed by atoms with Crippen molar-refractivity contribution in [3.8, 4) is 0 Å². The molecule has 0 spiro atoms. The number of nitrogens with zero attached hydrogens (tertiary/aromatic N) is 1. The van der Waals surface area contributed by atoms with E-state index >= 15 is 0 Å². The van der Waals surface area contributed by atoms with Gasteiger partial charge in [0.1, 0.15) is 11.1 Å². The van der Waals surface area contributed by atoms with Gasteiger partial charge in [-0.25, -0.2) is 4.79 Å². The average Bonchev–Trinajstić information content (AvgIpc) is 2.56. The molecular weight excluding hydrogens is 392 g/mol. The molecule has 8 heteroatoms. The van der Waals surface area contributed by atoms with Crippen LogP contribution in [0.3, 0.4) is 0 Å². The van der Waals surface area contributed by atoms with Crippen LogP contribution in [-0.2, 0) is 0 Å². The topological polar surface area (TPSA) is 102 Å². The quantitative estimate of drug-likeness (QED) is 0.404. The zero-order chi connectivity index (χ0) is 18.1. The van der Waals surface area contributed by atoms with E-state index < -0.39 is 16.5 Å². The van der Waals surface area contributed by atoms with Crippen LogP contribution in [0.4, 0.5) is 11.4 Å². The predicted molar refractivity (Wildman–Crippen MR) is 96.0 cm³/mol. The van der Waals surface area contributed by atoms with Gasteiger partial charge in [0.05, 0.1) is 4.92 Å². The summed E-state index contributed by atoms with van der Waals surface area (Å²) in [6.07, 6.45) is 0. The van der Waals surface area contributed by atoms with Gasteiger partial charge < -0.3 is 9.73 Å². The lowest BCUT2D eigenvalue weighted by molar-refractivity contribution is -0.384. The van der Waals surface area contributed by atoms with Gasteiger partial charge in [-0.05, 0) is 42.8 Å². The van der Waals surface area contributed by atoms with Crippen molar-refractivity contribution >= 4 is 44.2 Å². The van der Waals surface area contributed by atoms with Crippen molar-refractivity contribution in [3.63, 3.8) is 0 Å². The van der Waals surface area contributed by atoms with Crippen LogP contribution in [0.2, 0.25) is 0 Å². The Morgan fingerprint density at radius 1 is 1.20 bits per heavy atom. The van der Waals surface area contributed by atoms with E-state index in [0.29, 0.717) is 22.2 Å². The lowest BCUT2D eigenvalue weighted by Crippen LogP contribution is -2.21. The van der Waals surface area contributed by atoms with Gasteiger partial charge in [0.25, 0.3) is 11.6 Å². The Kier molecular flexibility index (Phi) is 4.37. The number of fused-ring (bicyclic) bond motifs is 1. The smallest absolute Gasteiger partial charge is 0.349 e. The molecule has 2 aromatic carbocycles. The Hall–Kier alpha value is -3.00. The van der Waals surface area contributed by atoms with Crippen LogP contribution in [0.1, 0.15) is 15.9 Å². The largest absolute Gasteiger partial charge is 0.422 e. The molecule has 7 nitrogen and oxygen atoms in total. The molecule has 1 aromatic heterocycles. The van der Waals surface area contributed by atoms with E-state index in [1.54, 1.807) is 25.1 Å². The highest BCUT2D eigenvalue weighted by atomic mass is 79.9. The third-order valence-corrected chi connectivity index (χ3v) is 4.10.